The van der Waals surface area contributed by atoms with Crippen molar-refractivity contribution in [3.63, 3.8) is 0 Å². The molecule has 4 rings (SSSR count). The van der Waals surface area contributed by atoms with Gasteiger partial charge in [0.05, 0.1) is 11.6 Å². The van der Waals surface area contributed by atoms with Crippen LogP contribution in [0.1, 0.15) is 18.0 Å². The van der Waals surface area contributed by atoms with E-state index in [9.17, 15) is 0 Å². The van der Waals surface area contributed by atoms with Crippen molar-refractivity contribution in [3.8, 4) is 6.07 Å². The molecule has 0 saturated carbocycles. The lowest BCUT2D eigenvalue weighted by atomic mass is 10.1. The number of aromatic nitrogens is 2. The van der Waals surface area contributed by atoms with Gasteiger partial charge in [0.15, 0.2) is 0 Å². The Labute approximate surface area is 111 Å². The van der Waals surface area contributed by atoms with Crippen LogP contribution in [0.3, 0.4) is 0 Å². The zero-order chi connectivity index (χ0) is 12.8. The van der Waals surface area contributed by atoms with Crippen LogP contribution in [0.4, 0.5) is 0 Å². The summed E-state index contributed by atoms with van der Waals surface area (Å²) in [5.74, 6) is 0.695. The Morgan fingerprint density at radius 3 is 3.26 bits per heavy atom. The Kier molecular flexibility index (Phi) is 2.23. The van der Waals surface area contributed by atoms with Crippen molar-refractivity contribution >= 4 is 11.0 Å². The first-order chi connectivity index (χ1) is 9.35. The van der Waals surface area contributed by atoms with Gasteiger partial charge in [-0.2, -0.15) is 5.26 Å². The fourth-order valence-electron chi connectivity index (χ4n) is 3.27. The molecular weight excluding hydrogens is 236 g/mol. The lowest BCUT2D eigenvalue weighted by Crippen LogP contribution is -2.12. The molecule has 1 saturated heterocycles. The van der Waals surface area contributed by atoms with Crippen LogP contribution < -0.4 is 5.32 Å². The van der Waals surface area contributed by atoms with Gasteiger partial charge in [-0.15, -0.1) is 0 Å². The number of hydrogen-bond donors (Lipinski definition) is 1. The van der Waals surface area contributed by atoms with Gasteiger partial charge in [0.25, 0.3) is 0 Å². The molecule has 1 N–H and O–H groups in total. The minimum absolute atomic E-state index is 0.417. The van der Waals surface area contributed by atoms with Gasteiger partial charge >= 0.3 is 0 Å². The fraction of sp³-hybridized carbons (Fsp3) is 0.333. The van der Waals surface area contributed by atoms with E-state index >= 15 is 0 Å². The Balaban J connectivity index is 1.77. The summed E-state index contributed by atoms with van der Waals surface area (Å²) in [7, 11) is 0. The van der Waals surface area contributed by atoms with Gasteiger partial charge in [-0.05, 0) is 24.5 Å². The second-order valence-corrected chi connectivity index (χ2v) is 5.34. The predicted molar refractivity (Wildman–Crippen MR) is 72.5 cm³/mol. The number of nitriles is 1. The van der Waals surface area contributed by atoms with Crippen LogP contribution in [0.15, 0.2) is 36.2 Å². The molecule has 2 unspecified atom stereocenters. The zero-order valence-electron chi connectivity index (χ0n) is 10.5. The molecule has 2 aromatic heterocycles. The van der Waals surface area contributed by atoms with Gasteiger partial charge in [-0.3, -0.25) is 0 Å². The monoisotopic (exact) mass is 250 g/mol. The molecule has 1 aliphatic carbocycles. The number of nitrogens with zero attached hydrogens (tertiary/aromatic N) is 3. The number of hydrogen-bond acceptors (Lipinski definition) is 3. The molecule has 4 nitrogen and oxygen atoms in total. The van der Waals surface area contributed by atoms with E-state index in [0.29, 0.717) is 17.5 Å². The summed E-state index contributed by atoms with van der Waals surface area (Å²) in [6, 6.07) is 6.51. The normalized spacial score (nSPS) is 25.3. The molecule has 19 heavy (non-hydrogen) atoms. The second kappa shape index (κ2) is 3.94. The van der Waals surface area contributed by atoms with Crippen LogP contribution in [-0.4, -0.2) is 22.6 Å². The highest BCUT2D eigenvalue weighted by Gasteiger charge is 2.30. The quantitative estimate of drug-likeness (QED) is 0.788. The number of fused-ring (bicyclic) bond motifs is 2. The van der Waals surface area contributed by atoms with Crippen molar-refractivity contribution in [1.29, 1.82) is 5.26 Å². The Hall–Kier alpha value is -2.12. The highest BCUT2D eigenvalue weighted by molar-refractivity contribution is 5.77. The summed E-state index contributed by atoms with van der Waals surface area (Å²) >= 11 is 0. The fourth-order valence-corrected chi connectivity index (χ4v) is 3.27. The topological polar surface area (TPSA) is 53.6 Å². The molecule has 4 heteroatoms. The third-order valence-corrected chi connectivity index (χ3v) is 4.22. The lowest BCUT2D eigenvalue weighted by molar-refractivity contribution is 0.515. The maximum atomic E-state index is 8.91. The molecule has 0 aromatic carbocycles. The molecule has 1 aliphatic heterocycles. The van der Waals surface area contributed by atoms with Crippen molar-refractivity contribution in [2.24, 2.45) is 5.92 Å². The summed E-state index contributed by atoms with van der Waals surface area (Å²) < 4.78 is 2.24. The highest BCUT2D eigenvalue weighted by Crippen LogP contribution is 2.37. The molecule has 0 amide bonds. The predicted octanol–water partition coefficient (Wildman–Crippen LogP) is 2.00. The van der Waals surface area contributed by atoms with Gasteiger partial charge in [-0.25, -0.2) is 4.98 Å². The van der Waals surface area contributed by atoms with E-state index in [1.807, 2.05) is 12.1 Å². The van der Waals surface area contributed by atoms with E-state index in [2.05, 4.69) is 33.2 Å². The van der Waals surface area contributed by atoms with E-state index in [0.717, 1.165) is 30.5 Å². The first-order valence-electron chi connectivity index (χ1n) is 6.63. The molecule has 0 bridgehead atoms. The van der Waals surface area contributed by atoms with Crippen LogP contribution in [0.25, 0.3) is 11.0 Å². The van der Waals surface area contributed by atoms with Crippen LogP contribution in [-0.2, 0) is 0 Å². The summed E-state index contributed by atoms with van der Waals surface area (Å²) in [5.41, 5.74) is 3.14. The summed E-state index contributed by atoms with van der Waals surface area (Å²) in [4.78, 5) is 4.45. The largest absolute Gasteiger partial charge is 0.326 e. The second-order valence-electron chi connectivity index (χ2n) is 5.34. The molecule has 2 aliphatic rings. The van der Waals surface area contributed by atoms with Crippen molar-refractivity contribution in [2.45, 2.75) is 12.5 Å². The zero-order valence-corrected chi connectivity index (χ0v) is 10.5. The average Bonchev–Trinajstić information content (AvgIpc) is 3.10. The maximum Gasteiger partial charge on any atom is 0.140 e. The van der Waals surface area contributed by atoms with Gasteiger partial charge in [0.2, 0.25) is 0 Å². The minimum Gasteiger partial charge on any atom is -0.326 e. The van der Waals surface area contributed by atoms with Crippen molar-refractivity contribution in [3.05, 3.63) is 41.7 Å². The van der Waals surface area contributed by atoms with Crippen molar-refractivity contribution < 1.29 is 0 Å². The highest BCUT2D eigenvalue weighted by atomic mass is 15.1. The third-order valence-electron chi connectivity index (χ3n) is 4.22. The van der Waals surface area contributed by atoms with Gasteiger partial charge in [0, 0.05) is 30.9 Å². The summed E-state index contributed by atoms with van der Waals surface area (Å²) in [6.45, 7) is 2.14. The number of pyridine rings is 1. The SMILES string of the molecule is N#Cc1cnc2c(ccn2C2C=C3CNCC3C2)c1. The smallest absolute Gasteiger partial charge is 0.140 e. The third kappa shape index (κ3) is 1.59. The lowest BCUT2D eigenvalue weighted by Gasteiger charge is -2.13. The first kappa shape index (κ1) is 10.8. The van der Waals surface area contributed by atoms with Crippen molar-refractivity contribution in [1.82, 2.24) is 14.9 Å². The van der Waals surface area contributed by atoms with Crippen LogP contribution in [0.5, 0.6) is 0 Å². The molecule has 94 valence electrons. The molecule has 1 fully saturated rings. The standard InChI is InChI=1S/C15H14N4/c16-6-10-3-11-1-2-19(15(11)18-7-10)14-4-12-8-17-9-13(12)5-14/h1-4,7,13-14,17H,5,8-9H2. The Bertz CT molecular complexity index is 719. The van der Waals surface area contributed by atoms with E-state index in [4.69, 9.17) is 5.26 Å². The van der Waals surface area contributed by atoms with Crippen LogP contribution in [0.2, 0.25) is 0 Å². The van der Waals surface area contributed by atoms with E-state index in [1.54, 1.807) is 11.8 Å². The molecule has 2 atom stereocenters. The van der Waals surface area contributed by atoms with Crippen LogP contribution in [0, 0.1) is 17.2 Å². The van der Waals surface area contributed by atoms with E-state index in [-0.39, 0.29) is 0 Å². The minimum atomic E-state index is 0.417. The van der Waals surface area contributed by atoms with Crippen molar-refractivity contribution in [2.75, 3.05) is 13.1 Å². The first-order valence-corrected chi connectivity index (χ1v) is 6.63. The summed E-state index contributed by atoms with van der Waals surface area (Å²) in [6.07, 6.45) is 7.29. The van der Waals surface area contributed by atoms with E-state index < -0.39 is 0 Å². The van der Waals surface area contributed by atoms with Gasteiger partial charge < -0.3 is 9.88 Å². The molecule has 2 aromatic rings. The molecule has 0 spiro atoms. The van der Waals surface area contributed by atoms with Crippen LogP contribution >= 0.6 is 0 Å². The Morgan fingerprint density at radius 2 is 2.42 bits per heavy atom. The van der Waals surface area contributed by atoms with Gasteiger partial charge in [0.1, 0.15) is 11.7 Å². The number of allylic oxidation sites excluding steroid dienone is 1. The summed E-state index contributed by atoms with van der Waals surface area (Å²) in [5, 5.41) is 13.4. The number of nitrogens with one attached hydrogen (secondary N) is 1. The molecule has 3 heterocycles. The Morgan fingerprint density at radius 1 is 1.47 bits per heavy atom. The molecule has 0 radical (unpaired) electrons. The molecular formula is C15H14N4. The average molecular weight is 250 g/mol. The maximum absolute atomic E-state index is 8.91. The van der Waals surface area contributed by atoms with Gasteiger partial charge in [-0.1, -0.05) is 11.6 Å². The van der Waals surface area contributed by atoms with E-state index in [1.165, 1.54) is 0 Å². The number of rotatable bonds is 1.